The second kappa shape index (κ2) is 2.81. The van der Waals surface area contributed by atoms with Crippen molar-refractivity contribution < 1.29 is 4.79 Å². The van der Waals surface area contributed by atoms with Gasteiger partial charge in [-0.25, -0.2) is 14.9 Å². The van der Waals surface area contributed by atoms with E-state index in [4.69, 9.17) is 0 Å². The average Bonchev–Trinajstić information content (AvgIpc) is 2.50. The molecule has 0 spiro atoms. The minimum atomic E-state index is -0.985. The highest BCUT2D eigenvalue weighted by Crippen LogP contribution is 2.22. The predicted molar refractivity (Wildman–Crippen MR) is 48.1 cm³/mol. The highest BCUT2D eigenvalue weighted by atomic mass is 16.6. The van der Waals surface area contributed by atoms with Crippen molar-refractivity contribution in [2.45, 2.75) is 0 Å². The van der Waals surface area contributed by atoms with E-state index in [1.54, 1.807) is 30.3 Å². The maximum Gasteiger partial charge on any atom is 0.437 e. The minimum absolute atomic E-state index is 0.0306. The smallest absolute Gasteiger partial charge is 0.437 e. The molecule has 1 aliphatic rings. The van der Waals surface area contributed by atoms with Gasteiger partial charge in [-0.15, -0.1) is 0 Å². The van der Waals surface area contributed by atoms with Crippen LogP contribution in [0.1, 0.15) is 0 Å². The molecule has 1 fully saturated rings. The number of nitrogens with zero attached hydrogens (tertiary/aromatic N) is 1. The standard InChI is InChI=1S/C8H9N3O2/c12-8-10-9-6-11(8,13)7-4-2-1-3-5-7/h1-5,9H,6H2,(H,10,12). The maximum atomic E-state index is 11.9. The average molecular weight is 179 g/mol. The molecule has 2 amide bonds. The first-order valence-electron chi connectivity index (χ1n) is 3.91. The molecule has 2 rings (SSSR count). The number of nitrogens with one attached hydrogen (secondary N) is 2. The van der Waals surface area contributed by atoms with Gasteiger partial charge in [0, 0.05) is 12.1 Å². The van der Waals surface area contributed by atoms with Crippen molar-refractivity contribution in [1.82, 2.24) is 15.5 Å². The Bertz CT molecular complexity index is 327. The SMILES string of the molecule is O=C1NNC[N+]1([O-])c1ccccc1. The Morgan fingerprint density at radius 1 is 1.31 bits per heavy atom. The van der Waals surface area contributed by atoms with Gasteiger partial charge in [-0.1, -0.05) is 18.2 Å². The lowest BCUT2D eigenvalue weighted by atomic mass is 10.3. The molecule has 0 aliphatic carbocycles. The van der Waals surface area contributed by atoms with Crippen LogP contribution in [-0.2, 0) is 0 Å². The van der Waals surface area contributed by atoms with Crippen molar-refractivity contribution in [3.05, 3.63) is 35.5 Å². The van der Waals surface area contributed by atoms with Crippen LogP contribution in [0.15, 0.2) is 30.3 Å². The van der Waals surface area contributed by atoms with Gasteiger partial charge < -0.3 is 5.21 Å². The fourth-order valence-electron chi connectivity index (χ4n) is 1.27. The number of hydrogen-bond donors (Lipinski definition) is 2. The summed E-state index contributed by atoms with van der Waals surface area (Å²) in [5.41, 5.74) is 5.24. The number of hydrogen-bond acceptors (Lipinski definition) is 3. The molecule has 0 bridgehead atoms. The van der Waals surface area contributed by atoms with Crippen molar-refractivity contribution in [2.24, 2.45) is 0 Å². The van der Waals surface area contributed by atoms with Crippen molar-refractivity contribution in [3.63, 3.8) is 0 Å². The van der Waals surface area contributed by atoms with Crippen LogP contribution in [0, 0.1) is 5.21 Å². The van der Waals surface area contributed by atoms with Gasteiger partial charge in [0.15, 0.2) is 6.67 Å². The zero-order valence-corrected chi connectivity index (χ0v) is 6.86. The molecule has 1 aromatic rings. The second-order valence-corrected chi connectivity index (χ2v) is 2.84. The number of amides is 2. The second-order valence-electron chi connectivity index (χ2n) is 2.84. The van der Waals surface area contributed by atoms with Crippen molar-refractivity contribution in [1.29, 1.82) is 0 Å². The summed E-state index contributed by atoms with van der Waals surface area (Å²) in [6, 6.07) is 7.97. The molecular formula is C8H9N3O2. The number of carbonyl (C=O) groups is 1. The summed E-state index contributed by atoms with van der Waals surface area (Å²) in [6.45, 7) is 0.0306. The van der Waals surface area contributed by atoms with Gasteiger partial charge in [0.1, 0.15) is 5.69 Å². The number of quaternary nitrogens is 1. The Kier molecular flexibility index (Phi) is 1.77. The monoisotopic (exact) mass is 179 g/mol. The summed E-state index contributed by atoms with van der Waals surface area (Å²) in [5, 5.41) is 11.9. The molecule has 1 heterocycles. The number of urea groups is 1. The summed E-state index contributed by atoms with van der Waals surface area (Å²) in [7, 11) is 0. The van der Waals surface area contributed by atoms with Gasteiger partial charge in [0.2, 0.25) is 0 Å². The van der Waals surface area contributed by atoms with Gasteiger partial charge in [-0.2, -0.15) is 5.43 Å². The third kappa shape index (κ3) is 1.19. The molecule has 1 atom stereocenters. The molecule has 13 heavy (non-hydrogen) atoms. The summed E-state index contributed by atoms with van der Waals surface area (Å²) in [5.74, 6) is 0. The number of para-hydroxylation sites is 1. The van der Waals surface area contributed by atoms with E-state index in [1.165, 1.54) is 0 Å². The van der Waals surface area contributed by atoms with Crippen LogP contribution < -0.4 is 15.5 Å². The number of hydroxylamine groups is 2. The summed E-state index contributed by atoms with van der Waals surface area (Å²) in [4.78, 5) is 11.2. The molecule has 1 saturated heterocycles. The lowest BCUT2D eigenvalue weighted by Gasteiger charge is -2.31. The van der Waals surface area contributed by atoms with Crippen LogP contribution >= 0.6 is 0 Å². The van der Waals surface area contributed by atoms with Crippen LogP contribution in [0.3, 0.4) is 0 Å². The van der Waals surface area contributed by atoms with E-state index < -0.39 is 10.7 Å². The minimum Gasteiger partial charge on any atom is -0.617 e. The van der Waals surface area contributed by atoms with E-state index in [1.807, 2.05) is 0 Å². The first kappa shape index (κ1) is 8.18. The van der Waals surface area contributed by atoms with Gasteiger partial charge in [-0.3, -0.25) is 0 Å². The molecule has 68 valence electrons. The maximum absolute atomic E-state index is 11.9. The van der Waals surface area contributed by atoms with Gasteiger partial charge in [0.25, 0.3) is 0 Å². The molecule has 0 radical (unpaired) electrons. The van der Waals surface area contributed by atoms with Gasteiger partial charge >= 0.3 is 6.03 Å². The number of rotatable bonds is 1. The van der Waals surface area contributed by atoms with Crippen LogP contribution in [0.4, 0.5) is 10.5 Å². The highest BCUT2D eigenvalue weighted by Gasteiger charge is 2.35. The van der Waals surface area contributed by atoms with E-state index >= 15 is 0 Å². The molecule has 1 unspecified atom stereocenters. The first-order valence-corrected chi connectivity index (χ1v) is 3.91. The van der Waals surface area contributed by atoms with E-state index in [-0.39, 0.29) is 6.67 Å². The summed E-state index contributed by atoms with van der Waals surface area (Å²) >= 11 is 0. The Hall–Kier alpha value is -1.43. The lowest BCUT2D eigenvalue weighted by Crippen LogP contribution is -2.45. The number of hydrazine groups is 1. The van der Waals surface area contributed by atoms with Crippen molar-refractivity contribution in [2.75, 3.05) is 6.67 Å². The van der Waals surface area contributed by atoms with Gasteiger partial charge in [0.05, 0.1) is 0 Å². The Balaban J connectivity index is 2.40. The molecule has 0 saturated carbocycles. The first-order chi connectivity index (χ1) is 6.23. The van der Waals surface area contributed by atoms with Crippen LogP contribution in [0.5, 0.6) is 0 Å². The third-order valence-electron chi connectivity index (χ3n) is 2.00. The Morgan fingerprint density at radius 2 is 2.00 bits per heavy atom. The molecular weight excluding hydrogens is 170 g/mol. The topological polar surface area (TPSA) is 64.2 Å². The quantitative estimate of drug-likeness (QED) is 0.492. The fourth-order valence-corrected chi connectivity index (χ4v) is 1.27. The predicted octanol–water partition coefficient (Wildman–Crippen LogP) is 0.677. The molecule has 1 aliphatic heterocycles. The van der Waals surface area contributed by atoms with E-state index in [0.29, 0.717) is 5.69 Å². The summed E-state index contributed by atoms with van der Waals surface area (Å²) in [6.07, 6.45) is 0. The van der Waals surface area contributed by atoms with Gasteiger partial charge in [-0.05, 0) is 0 Å². The number of benzene rings is 1. The number of carbonyl (C=O) groups excluding carboxylic acids is 1. The Morgan fingerprint density at radius 3 is 2.54 bits per heavy atom. The molecule has 0 aromatic heterocycles. The third-order valence-corrected chi connectivity index (χ3v) is 2.00. The fraction of sp³-hybridized carbons (Fsp3) is 0.125. The van der Waals surface area contributed by atoms with E-state index in [0.717, 1.165) is 0 Å². The zero-order chi connectivity index (χ0) is 9.31. The van der Waals surface area contributed by atoms with E-state index in [2.05, 4.69) is 10.9 Å². The molecule has 2 N–H and O–H groups in total. The van der Waals surface area contributed by atoms with E-state index in [9.17, 15) is 10.0 Å². The molecule has 1 aromatic carbocycles. The van der Waals surface area contributed by atoms with Crippen LogP contribution in [0.2, 0.25) is 0 Å². The summed E-state index contributed by atoms with van der Waals surface area (Å²) < 4.78 is -0.985. The lowest BCUT2D eigenvalue weighted by molar-refractivity contribution is 0.230. The highest BCUT2D eigenvalue weighted by molar-refractivity contribution is 5.88. The van der Waals surface area contributed by atoms with Crippen molar-refractivity contribution >= 4 is 11.7 Å². The molecule has 5 nitrogen and oxygen atoms in total. The molecule has 5 heteroatoms. The largest absolute Gasteiger partial charge is 0.617 e. The Labute approximate surface area is 75.1 Å². The van der Waals surface area contributed by atoms with Crippen LogP contribution in [-0.4, -0.2) is 12.7 Å². The van der Waals surface area contributed by atoms with Crippen molar-refractivity contribution in [3.8, 4) is 0 Å². The zero-order valence-electron chi connectivity index (χ0n) is 6.86. The normalized spacial score (nSPS) is 27.3. The van der Waals surface area contributed by atoms with Crippen LogP contribution in [0.25, 0.3) is 0 Å².